The van der Waals surface area contributed by atoms with E-state index in [1.807, 2.05) is 55.5 Å². The number of halogens is 3. The fourth-order valence-electron chi connectivity index (χ4n) is 4.12. The van der Waals surface area contributed by atoms with Gasteiger partial charge in [0.25, 0.3) is 5.91 Å². The van der Waals surface area contributed by atoms with Gasteiger partial charge < -0.3 is 9.72 Å². The average Bonchev–Trinajstić information content (AvgIpc) is 3.29. The third-order valence-electron chi connectivity index (χ3n) is 5.94. The molecule has 0 fully saturated rings. The number of hydrazone groups is 1. The van der Waals surface area contributed by atoms with Crippen molar-refractivity contribution in [3.05, 3.63) is 122 Å². The largest absolute Gasteiger partial charge is 0.422 e. The van der Waals surface area contributed by atoms with Crippen LogP contribution in [0.2, 0.25) is 10.0 Å². The molecule has 0 saturated heterocycles. The van der Waals surface area contributed by atoms with Crippen LogP contribution >= 0.6 is 39.1 Å². The number of ether oxygens (including phenoxy) is 1. The molecule has 0 spiro atoms. The quantitative estimate of drug-likeness (QED) is 0.0868. The third-order valence-corrected chi connectivity index (χ3v) is 6.98. The van der Waals surface area contributed by atoms with Gasteiger partial charge in [0.1, 0.15) is 11.4 Å². The van der Waals surface area contributed by atoms with Crippen LogP contribution in [-0.4, -0.2) is 23.1 Å². The second kappa shape index (κ2) is 11.5. The lowest BCUT2D eigenvalue weighted by molar-refractivity contribution is 0.0734. The monoisotopic (exact) mass is 619 g/mol. The molecule has 0 aliphatic carbocycles. The number of rotatable bonds is 6. The Bertz CT molecular complexity index is 1750. The number of hydrogen-bond acceptors (Lipinski definition) is 4. The van der Waals surface area contributed by atoms with E-state index in [1.165, 1.54) is 18.3 Å². The van der Waals surface area contributed by atoms with Crippen molar-refractivity contribution in [2.24, 2.45) is 5.10 Å². The lowest BCUT2D eigenvalue weighted by Gasteiger charge is -2.09. The van der Waals surface area contributed by atoms with Gasteiger partial charge in [0.15, 0.2) is 0 Å². The molecule has 194 valence electrons. The van der Waals surface area contributed by atoms with Crippen molar-refractivity contribution < 1.29 is 14.3 Å². The fraction of sp³-hybridized carbons (Fsp3) is 0.0333. The summed E-state index contributed by atoms with van der Waals surface area (Å²) >= 11 is 15.5. The van der Waals surface area contributed by atoms with Crippen molar-refractivity contribution in [1.29, 1.82) is 0 Å². The smallest absolute Gasteiger partial charge is 0.345 e. The van der Waals surface area contributed by atoms with E-state index < -0.39 is 11.9 Å². The molecule has 5 rings (SSSR count). The van der Waals surface area contributed by atoms with E-state index in [2.05, 4.69) is 31.4 Å². The van der Waals surface area contributed by atoms with E-state index in [-0.39, 0.29) is 16.3 Å². The minimum absolute atomic E-state index is 0.169. The number of carbonyl (C=O) groups is 2. The fourth-order valence-corrected chi connectivity index (χ4v) is 4.98. The maximum atomic E-state index is 13.3. The number of carbonyl (C=O) groups excluding carboxylic acids is 2. The molecule has 4 aromatic carbocycles. The number of H-pyrrole nitrogens is 1. The van der Waals surface area contributed by atoms with Crippen molar-refractivity contribution >= 4 is 68.1 Å². The highest BCUT2D eigenvalue weighted by Crippen LogP contribution is 2.33. The van der Waals surface area contributed by atoms with Crippen LogP contribution in [0.3, 0.4) is 0 Å². The maximum absolute atomic E-state index is 13.3. The molecule has 0 saturated carbocycles. The van der Waals surface area contributed by atoms with Crippen molar-refractivity contribution in [1.82, 2.24) is 10.4 Å². The number of amides is 1. The van der Waals surface area contributed by atoms with Gasteiger partial charge in [-0.15, -0.1) is 0 Å². The number of esters is 1. The van der Waals surface area contributed by atoms with Gasteiger partial charge in [0.05, 0.1) is 16.8 Å². The molecule has 2 N–H and O–H groups in total. The Kier molecular flexibility index (Phi) is 7.84. The summed E-state index contributed by atoms with van der Waals surface area (Å²) in [6.45, 7) is 2.01. The van der Waals surface area contributed by atoms with Crippen LogP contribution in [0.1, 0.15) is 32.0 Å². The van der Waals surface area contributed by atoms with Crippen LogP contribution in [0, 0.1) is 6.92 Å². The number of hydrogen-bond donors (Lipinski definition) is 2. The Morgan fingerprint density at radius 1 is 0.974 bits per heavy atom. The van der Waals surface area contributed by atoms with Crippen molar-refractivity contribution in [2.45, 2.75) is 6.92 Å². The minimum Gasteiger partial charge on any atom is -0.422 e. The summed E-state index contributed by atoms with van der Waals surface area (Å²) in [7, 11) is 0. The Morgan fingerprint density at radius 2 is 1.77 bits per heavy atom. The topological polar surface area (TPSA) is 83.6 Å². The zero-order valence-corrected chi connectivity index (χ0v) is 23.6. The van der Waals surface area contributed by atoms with Crippen LogP contribution in [0.4, 0.5) is 0 Å². The molecule has 0 radical (unpaired) electrons. The molecule has 0 unspecified atom stereocenters. The summed E-state index contributed by atoms with van der Waals surface area (Å²) in [5.74, 6) is -0.836. The number of aryl methyl sites for hydroxylation is 1. The lowest BCUT2D eigenvalue weighted by atomic mass is 10.0. The molecular weight excluding hydrogens is 601 g/mol. The zero-order valence-electron chi connectivity index (χ0n) is 20.5. The first kappa shape index (κ1) is 26.7. The van der Waals surface area contributed by atoms with Crippen molar-refractivity contribution in [3.63, 3.8) is 0 Å². The number of benzene rings is 4. The predicted molar refractivity (Wildman–Crippen MR) is 159 cm³/mol. The summed E-state index contributed by atoms with van der Waals surface area (Å²) in [5, 5.41) is 5.68. The molecule has 0 bridgehead atoms. The van der Waals surface area contributed by atoms with Crippen LogP contribution in [0.5, 0.6) is 5.75 Å². The first-order valence-corrected chi connectivity index (χ1v) is 13.3. The van der Waals surface area contributed by atoms with E-state index in [4.69, 9.17) is 27.9 Å². The molecule has 39 heavy (non-hydrogen) atoms. The number of aromatic nitrogens is 1. The molecule has 0 atom stereocenters. The van der Waals surface area contributed by atoms with Crippen LogP contribution in [0.25, 0.3) is 22.0 Å². The van der Waals surface area contributed by atoms with E-state index >= 15 is 0 Å². The summed E-state index contributed by atoms with van der Waals surface area (Å²) in [4.78, 5) is 29.3. The molecule has 1 amide bonds. The number of nitrogens with zero attached hydrogens (tertiary/aromatic N) is 1. The van der Waals surface area contributed by atoms with Crippen LogP contribution in [0.15, 0.2) is 94.5 Å². The van der Waals surface area contributed by atoms with Gasteiger partial charge in [-0.05, 0) is 61.0 Å². The average molecular weight is 621 g/mol. The zero-order chi connectivity index (χ0) is 27.5. The molecule has 0 aliphatic heterocycles. The summed E-state index contributed by atoms with van der Waals surface area (Å²) in [6.07, 6.45) is 1.41. The summed E-state index contributed by atoms with van der Waals surface area (Å²) < 4.78 is 6.31. The second-order valence-electron chi connectivity index (χ2n) is 8.69. The van der Waals surface area contributed by atoms with Gasteiger partial charge in [-0.25, -0.2) is 10.2 Å². The van der Waals surface area contributed by atoms with Gasteiger partial charge in [-0.1, -0.05) is 81.1 Å². The molecule has 6 nitrogen and oxygen atoms in total. The first-order valence-electron chi connectivity index (χ1n) is 11.8. The summed E-state index contributed by atoms with van der Waals surface area (Å²) in [5.41, 5.74) is 7.23. The van der Waals surface area contributed by atoms with Gasteiger partial charge >= 0.3 is 5.97 Å². The Labute approximate surface area is 242 Å². The predicted octanol–water partition coefficient (Wildman–Crippen LogP) is 8.20. The van der Waals surface area contributed by atoms with Gasteiger partial charge in [0.2, 0.25) is 0 Å². The highest BCUT2D eigenvalue weighted by Gasteiger charge is 2.19. The molecule has 0 aliphatic rings. The SMILES string of the molecule is Cc1ccc2[nH]c(C(=O)NN=Cc3cc(Br)ccc3OC(=O)c3ccc(Cl)cc3Cl)c(-c3ccccc3)c2c1. The van der Waals surface area contributed by atoms with E-state index in [1.54, 1.807) is 24.3 Å². The minimum atomic E-state index is -0.654. The highest BCUT2D eigenvalue weighted by molar-refractivity contribution is 9.10. The third kappa shape index (κ3) is 5.91. The van der Waals surface area contributed by atoms with Crippen molar-refractivity contribution in [2.75, 3.05) is 0 Å². The Balaban J connectivity index is 1.41. The van der Waals surface area contributed by atoms with Crippen LogP contribution < -0.4 is 10.2 Å². The van der Waals surface area contributed by atoms with E-state index in [0.717, 1.165) is 32.1 Å². The van der Waals surface area contributed by atoms with E-state index in [9.17, 15) is 9.59 Å². The molecular formula is C30H20BrCl2N3O3. The van der Waals surface area contributed by atoms with Crippen molar-refractivity contribution in [3.8, 4) is 16.9 Å². The van der Waals surface area contributed by atoms with E-state index in [0.29, 0.717) is 16.3 Å². The molecule has 5 aromatic rings. The van der Waals surface area contributed by atoms with Crippen LogP contribution in [-0.2, 0) is 0 Å². The first-order chi connectivity index (χ1) is 18.8. The number of nitrogens with one attached hydrogen (secondary N) is 2. The maximum Gasteiger partial charge on any atom is 0.345 e. The standard InChI is InChI=1S/C30H20BrCl2N3O3/c1-17-7-11-25-23(13-17)27(18-5-3-2-4-6-18)28(35-25)29(37)36-34-16-19-14-20(31)8-12-26(19)39-30(38)22-10-9-21(32)15-24(22)33/h2-16,35H,1H3,(H,36,37). The lowest BCUT2D eigenvalue weighted by Crippen LogP contribution is -2.19. The van der Waals surface area contributed by atoms with Gasteiger partial charge in [-0.3, -0.25) is 4.79 Å². The normalized spacial score (nSPS) is 11.2. The van der Waals surface area contributed by atoms with Gasteiger partial charge in [-0.2, -0.15) is 5.10 Å². The Morgan fingerprint density at radius 3 is 2.54 bits per heavy atom. The summed E-state index contributed by atoms with van der Waals surface area (Å²) in [6, 6.07) is 25.2. The molecule has 1 aromatic heterocycles. The molecule has 1 heterocycles. The molecule has 9 heteroatoms. The highest BCUT2D eigenvalue weighted by atomic mass is 79.9. The number of aromatic amines is 1. The van der Waals surface area contributed by atoms with Gasteiger partial charge in [0, 0.05) is 31.5 Å². The second-order valence-corrected chi connectivity index (χ2v) is 10.4. The number of fused-ring (bicyclic) bond motifs is 1. The Hall–Kier alpha value is -3.91.